The molecule has 5 heterocycles. The number of aromatic nitrogens is 3. The van der Waals surface area contributed by atoms with Crippen LogP contribution >= 0.6 is 34.7 Å². The second-order valence-electron chi connectivity index (χ2n) is 9.87. The average molecular weight is 663 g/mol. The fraction of sp³-hybridized carbons (Fsp3) is 0.346. The number of hydrogen-bond donors (Lipinski definition) is 4. The molecule has 2 aliphatic heterocycles. The maximum absolute atomic E-state index is 13.3. The molecule has 1 fully saturated rings. The Balaban J connectivity index is 1.35. The number of aliphatic carboxylic acids is 2. The summed E-state index contributed by atoms with van der Waals surface area (Å²) in [6.07, 6.45) is 4.33. The normalized spacial score (nSPS) is 19.0. The summed E-state index contributed by atoms with van der Waals surface area (Å²) < 4.78 is 3.95. The van der Waals surface area contributed by atoms with Gasteiger partial charge in [-0.15, -0.1) is 11.8 Å². The Hall–Kier alpha value is -4.19. The number of carbonyl (C=O) groups is 4. The molecule has 0 bridgehead atoms. The zero-order chi connectivity index (χ0) is 31.7. The van der Waals surface area contributed by atoms with Crippen molar-refractivity contribution in [1.82, 2.24) is 25.1 Å². The molecule has 0 aliphatic carbocycles. The number of likely N-dealkylation sites (N-methyl/N-ethyl adjacent to an activating group) is 1. The maximum atomic E-state index is 13.3. The number of carboxylic acid groups (broad SMARTS) is 2. The van der Waals surface area contributed by atoms with E-state index in [1.165, 1.54) is 18.7 Å². The van der Waals surface area contributed by atoms with Crippen molar-refractivity contribution in [2.75, 3.05) is 25.1 Å². The molecule has 3 atom stereocenters. The molecule has 0 saturated carbocycles. The van der Waals surface area contributed by atoms with Gasteiger partial charge < -0.3 is 40.8 Å². The van der Waals surface area contributed by atoms with Gasteiger partial charge in [0.15, 0.2) is 29.8 Å². The summed E-state index contributed by atoms with van der Waals surface area (Å²) in [6, 6.07) is 2.80. The Labute approximate surface area is 263 Å². The van der Waals surface area contributed by atoms with E-state index in [0.717, 1.165) is 40.2 Å². The Morgan fingerprint density at radius 1 is 1.39 bits per heavy atom. The van der Waals surface area contributed by atoms with Crippen molar-refractivity contribution in [2.24, 2.45) is 5.16 Å². The fourth-order valence-electron chi connectivity index (χ4n) is 4.77. The number of nitrogens with zero attached hydrogens (tertiary/aromatic N) is 5. The minimum Gasteiger partial charge on any atom is -0.543 e. The number of rotatable bonds is 12. The van der Waals surface area contributed by atoms with Crippen molar-refractivity contribution in [3.63, 3.8) is 0 Å². The molecule has 5 N–H and O–H groups in total. The molecule has 0 radical (unpaired) electrons. The van der Waals surface area contributed by atoms with E-state index in [9.17, 15) is 24.3 Å². The van der Waals surface area contributed by atoms with Gasteiger partial charge in [-0.25, -0.2) is 14.3 Å². The highest BCUT2D eigenvalue weighted by molar-refractivity contribution is 8.00. The summed E-state index contributed by atoms with van der Waals surface area (Å²) in [6.45, 7) is 3.02. The monoisotopic (exact) mass is 662 g/mol. The quantitative estimate of drug-likeness (QED) is 0.0812. The number of thioether (sulfide) groups is 1. The van der Waals surface area contributed by atoms with Gasteiger partial charge in [-0.3, -0.25) is 14.5 Å². The summed E-state index contributed by atoms with van der Waals surface area (Å²) in [5.41, 5.74) is 6.31. The molecule has 5 rings (SSSR count). The summed E-state index contributed by atoms with van der Waals surface area (Å²) in [7, 11) is 1.88. The van der Waals surface area contributed by atoms with E-state index in [1.807, 2.05) is 42.3 Å². The molecule has 1 saturated heterocycles. The molecule has 3 aromatic heterocycles. The van der Waals surface area contributed by atoms with Crippen molar-refractivity contribution in [3.8, 4) is 0 Å². The first-order valence-electron chi connectivity index (χ1n) is 13.2. The Kier molecular flexibility index (Phi) is 9.10. The number of nitrogens with one attached hydrogen (secondary N) is 2. The first-order chi connectivity index (χ1) is 21.0. The Bertz CT molecular complexity index is 1720. The molecule has 0 unspecified atom stereocenters. The zero-order valence-electron chi connectivity index (χ0n) is 23.4. The van der Waals surface area contributed by atoms with Crippen LogP contribution in [0.4, 0.5) is 5.13 Å². The highest BCUT2D eigenvalue weighted by Gasteiger charge is 2.53. The number of fused-ring (bicyclic) bond motifs is 2. The predicted octanol–water partition coefficient (Wildman–Crippen LogP) is -0.862. The smallest absolute Gasteiger partial charge is 0.347 e. The first kappa shape index (κ1) is 31.2. The summed E-state index contributed by atoms with van der Waals surface area (Å²) in [4.78, 5) is 60.0. The average Bonchev–Trinajstić information content (AvgIpc) is 3.55. The van der Waals surface area contributed by atoms with E-state index in [4.69, 9.17) is 27.3 Å². The lowest BCUT2D eigenvalue weighted by Crippen LogP contribution is -2.71. The number of nitrogens with two attached hydrogens (primary N) is 1. The lowest BCUT2D eigenvalue weighted by atomic mass is 10.0. The highest BCUT2D eigenvalue weighted by atomic mass is 35.5. The first-order valence-corrected chi connectivity index (χ1v) is 15.4. The Morgan fingerprint density at radius 3 is 2.82 bits per heavy atom. The van der Waals surface area contributed by atoms with Crippen LogP contribution in [-0.4, -0.2) is 85.9 Å². The van der Waals surface area contributed by atoms with E-state index in [1.54, 1.807) is 0 Å². The minimum absolute atomic E-state index is 0.00591. The maximum Gasteiger partial charge on any atom is 0.347 e. The number of thiazole rings is 1. The minimum atomic E-state index is -1.51. The van der Waals surface area contributed by atoms with Gasteiger partial charge in [-0.1, -0.05) is 28.1 Å². The van der Waals surface area contributed by atoms with Gasteiger partial charge in [0.05, 0.1) is 22.6 Å². The van der Waals surface area contributed by atoms with Crippen LogP contribution < -0.4 is 26.0 Å². The number of hydrogen-bond acceptors (Lipinski definition) is 12. The van der Waals surface area contributed by atoms with Crippen molar-refractivity contribution < 1.29 is 38.8 Å². The lowest BCUT2D eigenvalue weighted by molar-refractivity contribution is -0.687. The van der Waals surface area contributed by atoms with Gasteiger partial charge in [0.1, 0.15) is 21.4 Å². The molecular formula is C26H27ClN8O7S2. The van der Waals surface area contributed by atoms with E-state index >= 15 is 0 Å². The van der Waals surface area contributed by atoms with Crippen LogP contribution in [0.1, 0.15) is 12.6 Å². The number of nitrogen functional groups attached to an aromatic ring is 1. The van der Waals surface area contributed by atoms with Gasteiger partial charge in [0, 0.05) is 36.7 Å². The molecule has 0 spiro atoms. The second-order valence-corrected chi connectivity index (χ2v) is 12.6. The predicted molar refractivity (Wildman–Crippen MR) is 159 cm³/mol. The van der Waals surface area contributed by atoms with Crippen LogP contribution in [0.5, 0.6) is 0 Å². The molecule has 232 valence electrons. The summed E-state index contributed by atoms with van der Waals surface area (Å²) in [5.74, 6) is -4.20. The number of carboxylic acids is 2. The molecular weight excluding hydrogens is 636 g/mol. The number of oxime groups is 1. The van der Waals surface area contributed by atoms with Crippen LogP contribution in [-0.2, 0) is 37.1 Å². The fourth-order valence-corrected chi connectivity index (χ4v) is 7.04. The van der Waals surface area contributed by atoms with Crippen LogP contribution in [0.25, 0.3) is 10.9 Å². The molecule has 0 aromatic carbocycles. The topological polar surface area (TPSA) is 208 Å². The van der Waals surface area contributed by atoms with Crippen LogP contribution in [0, 0.1) is 0 Å². The lowest BCUT2D eigenvalue weighted by Gasteiger charge is -2.50. The zero-order valence-corrected chi connectivity index (χ0v) is 25.7. The van der Waals surface area contributed by atoms with Crippen LogP contribution in [0.2, 0.25) is 4.34 Å². The third kappa shape index (κ3) is 6.08. The molecule has 44 heavy (non-hydrogen) atoms. The second kappa shape index (κ2) is 12.8. The van der Waals surface area contributed by atoms with E-state index in [2.05, 4.69) is 25.3 Å². The largest absolute Gasteiger partial charge is 0.543 e. The van der Waals surface area contributed by atoms with E-state index in [-0.39, 0.29) is 33.2 Å². The SMILES string of the molecule is CNCCn1ccc2c[n+](CC3=C(C(=O)[O-])N4C(=O)[C@@H](NC(=O)/C(=N\O[C@@H](C)C(=O)O)c5nc(N)sc5Cl)[C@H]4SC3)ccc21. The van der Waals surface area contributed by atoms with Gasteiger partial charge >= 0.3 is 5.97 Å². The van der Waals surface area contributed by atoms with Crippen molar-refractivity contribution >= 4 is 80.2 Å². The Morgan fingerprint density at radius 2 is 2.16 bits per heavy atom. The molecule has 2 aliphatic rings. The van der Waals surface area contributed by atoms with Crippen molar-refractivity contribution in [2.45, 2.75) is 37.5 Å². The van der Waals surface area contributed by atoms with E-state index in [0.29, 0.717) is 5.57 Å². The highest BCUT2D eigenvalue weighted by Crippen LogP contribution is 2.40. The van der Waals surface area contributed by atoms with Gasteiger partial charge in [-0.2, -0.15) is 0 Å². The van der Waals surface area contributed by atoms with Gasteiger partial charge in [0.2, 0.25) is 6.10 Å². The molecule has 15 nitrogen and oxygen atoms in total. The number of β-lactam (4-membered cyclic amide) rings is 1. The number of amides is 2. The number of pyridine rings is 1. The summed E-state index contributed by atoms with van der Waals surface area (Å²) in [5, 5.41) is 30.9. The van der Waals surface area contributed by atoms with Crippen molar-refractivity contribution in [1.29, 1.82) is 0 Å². The van der Waals surface area contributed by atoms with Crippen molar-refractivity contribution in [3.05, 3.63) is 52.0 Å². The third-order valence-corrected chi connectivity index (χ3v) is 9.39. The van der Waals surface area contributed by atoms with Crippen LogP contribution in [0.15, 0.2) is 47.1 Å². The standard InChI is InChI=1S/C26H27ClN8O7S2/c1-12(24(38)39)42-32-17(16-20(27)44-26(28)31-16)21(36)30-18-22(37)35-19(25(40)41)14(11-43-23(18)35)10-33-6-4-15-13(9-33)3-7-34(15)8-5-29-2/h3-4,6-7,9,12,18,23,29H,5,8,10-11H2,1-2H3,(H4-,28,30,31,36,38,39,40,41)/b32-17-/t12-,18+,23+/m0/s1. The number of anilines is 1. The van der Waals surface area contributed by atoms with Gasteiger partial charge in [0.25, 0.3) is 11.8 Å². The molecule has 3 aromatic rings. The molecule has 18 heteroatoms. The van der Waals surface area contributed by atoms with Gasteiger partial charge in [-0.05, 0) is 20.0 Å². The number of halogens is 1. The summed E-state index contributed by atoms with van der Waals surface area (Å²) >= 11 is 8.29. The van der Waals surface area contributed by atoms with Crippen LogP contribution in [0.3, 0.4) is 0 Å². The third-order valence-electron chi connectivity index (χ3n) is 6.96. The van der Waals surface area contributed by atoms with E-state index < -0.39 is 47.0 Å². The number of carbonyl (C=O) groups excluding carboxylic acids is 3. The molecule has 2 amide bonds.